The van der Waals surface area contributed by atoms with Crippen molar-refractivity contribution < 1.29 is 13.9 Å². The Hall–Kier alpha value is -1.26. The van der Waals surface area contributed by atoms with E-state index in [1.165, 1.54) is 20.3 Å². The van der Waals surface area contributed by atoms with Crippen molar-refractivity contribution in [2.75, 3.05) is 14.2 Å². The molecule has 0 heterocycles. The van der Waals surface area contributed by atoms with Crippen LogP contribution in [-0.2, 0) is 22.7 Å². The standard InChI is InChI=1S/C11H13FO3/c1-14-6-8-4-3-5-9(7-15-2)11(13)10(8)12/h3-5H,6-7H2,1-2H3. The zero-order chi connectivity index (χ0) is 11.3. The lowest BCUT2D eigenvalue weighted by Gasteiger charge is -1.96. The van der Waals surface area contributed by atoms with Crippen LogP contribution in [0.15, 0.2) is 23.0 Å². The van der Waals surface area contributed by atoms with Crippen LogP contribution in [0.4, 0.5) is 4.39 Å². The Balaban J connectivity index is 3.24. The summed E-state index contributed by atoms with van der Waals surface area (Å²) in [5, 5.41) is 0. The Kier molecular flexibility index (Phi) is 4.39. The quantitative estimate of drug-likeness (QED) is 0.758. The van der Waals surface area contributed by atoms with Crippen LogP contribution in [0.3, 0.4) is 0 Å². The van der Waals surface area contributed by atoms with Crippen LogP contribution in [0.2, 0.25) is 0 Å². The van der Waals surface area contributed by atoms with Gasteiger partial charge in [0.1, 0.15) is 0 Å². The van der Waals surface area contributed by atoms with E-state index in [4.69, 9.17) is 9.47 Å². The van der Waals surface area contributed by atoms with E-state index < -0.39 is 11.2 Å². The van der Waals surface area contributed by atoms with Gasteiger partial charge >= 0.3 is 0 Å². The summed E-state index contributed by atoms with van der Waals surface area (Å²) in [6.07, 6.45) is 0. The molecule has 0 amide bonds. The zero-order valence-electron chi connectivity index (χ0n) is 8.75. The second kappa shape index (κ2) is 5.58. The monoisotopic (exact) mass is 212 g/mol. The van der Waals surface area contributed by atoms with Crippen molar-refractivity contribution in [3.05, 3.63) is 45.4 Å². The van der Waals surface area contributed by atoms with Gasteiger partial charge in [0.25, 0.3) is 0 Å². The Morgan fingerprint density at radius 3 is 2.27 bits per heavy atom. The molecule has 0 atom stereocenters. The van der Waals surface area contributed by atoms with Crippen LogP contribution >= 0.6 is 0 Å². The fourth-order valence-electron chi connectivity index (χ4n) is 1.25. The highest BCUT2D eigenvalue weighted by molar-refractivity contribution is 5.21. The predicted octanol–water partition coefficient (Wildman–Crippen LogP) is 1.48. The summed E-state index contributed by atoms with van der Waals surface area (Å²) < 4.78 is 23.2. The highest BCUT2D eigenvalue weighted by Crippen LogP contribution is 2.04. The Morgan fingerprint density at radius 1 is 1.13 bits per heavy atom. The third-order valence-electron chi connectivity index (χ3n) is 1.97. The van der Waals surface area contributed by atoms with Crippen LogP contribution in [0, 0.1) is 5.82 Å². The molecule has 0 unspecified atom stereocenters. The molecule has 1 aromatic rings. The summed E-state index contributed by atoms with van der Waals surface area (Å²) in [6.45, 7) is 0.193. The normalized spacial score (nSPS) is 10.3. The molecule has 0 fully saturated rings. The van der Waals surface area contributed by atoms with Gasteiger partial charge < -0.3 is 9.47 Å². The van der Waals surface area contributed by atoms with Gasteiger partial charge in [-0.25, -0.2) is 4.39 Å². The molecule has 0 aliphatic heterocycles. The van der Waals surface area contributed by atoms with E-state index in [1.807, 2.05) is 0 Å². The molecular formula is C11H13FO3. The fourth-order valence-corrected chi connectivity index (χ4v) is 1.25. The van der Waals surface area contributed by atoms with Crippen LogP contribution in [0.25, 0.3) is 0 Å². The first-order valence-electron chi connectivity index (χ1n) is 4.49. The number of rotatable bonds is 4. The van der Waals surface area contributed by atoms with Gasteiger partial charge in [-0.2, -0.15) is 0 Å². The van der Waals surface area contributed by atoms with Crippen molar-refractivity contribution in [2.45, 2.75) is 13.2 Å². The van der Waals surface area contributed by atoms with Gasteiger partial charge in [0.05, 0.1) is 13.2 Å². The van der Waals surface area contributed by atoms with Crippen LogP contribution in [0.1, 0.15) is 11.1 Å². The smallest absolute Gasteiger partial charge is 0.220 e. The molecule has 15 heavy (non-hydrogen) atoms. The molecule has 0 N–H and O–H groups in total. The lowest BCUT2D eigenvalue weighted by molar-refractivity contribution is 0.180. The summed E-state index contributed by atoms with van der Waals surface area (Å²) >= 11 is 0. The maximum Gasteiger partial charge on any atom is 0.220 e. The second-order valence-electron chi connectivity index (χ2n) is 3.09. The van der Waals surface area contributed by atoms with Crippen molar-refractivity contribution >= 4 is 0 Å². The van der Waals surface area contributed by atoms with E-state index in [2.05, 4.69) is 0 Å². The summed E-state index contributed by atoms with van der Waals surface area (Å²) in [4.78, 5) is 11.5. The maximum absolute atomic E-state index is 13.6. The van der Waals surface area contributed by atoms with Crippen molar-refractivity contribution in [2.24, 2.45) is 0 Å². The summed E-state index contributed by atoms with van der Waals surface area (Å²) in [7, 11) is 2.91. The molecule has 0 saturated carbocycles. The highest BCUT2D eigenvalue weighted by atomic mass is 19.1. The largest absolute Gasteiger partial charge is 0.380 e. The molecule has 0 aromatic heterocycles. The first kappa shape index (κ1) is 11.8. The Bertz CT molecular complexity index is 390. The SMILES string of the molecule is COCc1cccc(COC)c(=O)c1F. The minimum atomic E-state index is -0.770. The molecule has 0 aliphatic rings. The van der Waals surface area contributed by atoms with Crippen LogP contribution < -0.4 is 5.43 Å². The lowest BCUT2D eigenvalue weighted by atomic mass is 10.2. The average Bonchev–Trinajstić information content (AvgIpc) is 2.35. The lowest BCUT2D eigenvalue weighted by Crippen LogP contribution is -2.12. The number of methoxy groups -OCH3 is 2. The molecule has 82 valence electrons. The highest BCUT2D eigenvalue weighted by Gasteiger charge is 2.08. The van der Waals surface area contributed by atoms with Crippen LogP contribution in [-0.4, -0.2) is 14.2 Å². The summed E-state index contributed by atoms with van der Waals surface area (Å²) in [5.74, 6) is -0.770. The molecule has 3 nitrogen and oxygen atoms in total. The van der Waals surface area contributed by atoms with Gasteiger partial charge in [0.15, 0.2) is 5.82 Å². The van der Waals surface area contributed by atoms with Crippen molar-refractivity contribution in [3.8, 4) is 0 Å². The summed E-state index contributed by atoms with van der Waals surface area (Å²) in [5.41, 5.74) is -0.0730. The maximum atomic E-state index is 13.6. The molecule has 1 rings (SSSR count). The number of hydrogen-bond donors (Lipinski definition) is 0. The molecule has 0 bridgehead atoms. The molecule has 1 aromatic carbocycles. The molecule has 0 aliphatic carbocycles. The fraction of sp³-hybridized carbons (Fsp3) is 0.364. The second-order valence-corrected chi connectivity index (χ2v) is 3.09. The first-order valence-corrected chi connectivity index (χ1v) is 4.49. The molecule has 0 saturated heterocycles. The number of hydrogen-bond acceptors (Lipinski definition) is 3. The van der Waals surface area contributed by atoms with Gasteiger partial charge in [-0.1, -0.05) is 18.2 Å². The van der Waals surface area contributed by atoms with Gasteiger partial charge in [0, 0.05) is 25.3 Å². The number of ether oxygens (including phenoxy) is 2. The molecule has 4 heteroatoms. The molecule has 0 spiro atoms. The zero-order valence-corrected chi connectivity index (χ0v) is 8.75. The van der Waals surface area contributed by atoms with E-state index in [0.29, 0.717) is 5.56 Å². The van der Waals surface area contributed by atoms with E-state index in [9.17, 15) is 9.18 Å². The average molecular weight is 212 g/mol. The van der Waals surface area contributed by atoms with Crippen molar-refractivity contribution in [1.82, 2.24) is 0 Å². The van der Waals surface area contributed by atoms with Gasteiger partial charge in [-0.05, 0) is 0 Å². The van der Waals surface area contributed by atoms with Gasteiger partial charge in [-0.3, -0.25) is 4.79 Å². The van der Waals surface area contributed by atoms with Crippen molar-refractivity contribution in [1.29, 1.82) is 0 Å². The topological polar surface area (TPSA) is 35.5 Å². The van der Waals surface area contributed by atoms with E-state index in [0.717, 1.165) is 0 Å². The Labute approximate surface area is 87.5 Å². The summed E-state index contributed by atoms with van der Waals surface area (Å²) in [6, 6.07) is 4.70. The van der Waals surface area contributed by atoms with Crippen molar-refractivity contribution in [3.63, 3.8) is 0 Å². The van der Waals surface area contributed by atoms with E-state index in [-0.39, 0.29) is 18.8 Å². The minimum Gasteiger partial charge on any atom is -0.380 e. The number of halogens is 1. The predicted molar refractivity (Wildman–Crippen MR) is 54.1 cm³/mol. The molecule has 0 radical (unpaired) electrons. The minimum absolute atomic E-state index is 0.0855. The first-order chi connectivity index (χ1) is 7.20. The third kappa shape index (κ3) is 2.84. The third-order valence-corrected chi connectivity index (χ3v) is 1.97. The van der Waals surface area contributed by atoms with E-state index >= 15 is 0 Å². The Morgan fingerprint density at radius 2 is 1.67 bits per heavy atom. The molecular weight excluding hydrogens is 199 g/mol. The van der Waals surface area contributed by atoms with Gasteiger partial charge in [-0.15, -0.1) is 0 Å². The van der Waals surface area contributed by atoms with E-state index in [1.54, 1.807) is 12.1 Å². The van der Waals surface area contributed by atoms with Crippen LogP contribution in [0.5, 0.6) is 0 Å². The van der Waals surface area contributed by atoms with Gasteiger partial charge in [0.2, 0.25) is 5.43 Å².